The minimum Gasteiger partial charge on any atom is -0.456 e. The number of esters is 1. The number of carbonyl (C=O) groups is 1. The van der Waals surface area contributed by atoms with Gasteiger partial charge in [-0.3, -0.25) is 18.9 Å². The summed E-state index contributed by atoms with van der Waals surface area (Å²) in [5.41, 5.74) is 10.8. The Morgan fingerprint density at radius 2 is 1.28 bits per heavy atom. The molecule has 270 valence electrons. The highest BCUT2D eigenvalue weighted by Gasteiger charge is 2.19. The molecule has 0 bridgehead atoms. The van der Waals surface area contributed by atoms with E-state index < -0.39 is 0 Å². The zero-order valence-corrected chi connectivity index (χ0v) is 30.5. The van der Waals surface area contributed by atoms with E-state index in [0.717, 1.165) is 71.7 Å². The molecule has 0 amide bonds. The van der Waals surface area contributed by atoms with Crippen LogP contribution in [-0.4, -0.2) is 35.0 Å². The maximum absolute atomic E-state index is 11.7. The summed E-state index contributed by atoms with van der Waals surface area (Å²) in [5, 5.41) is 3.72. The van der Waals surface area contributed by atoms with Crippen molar-refractivity contribution in [1.82, 2.24) is 29.1 Å². The highest BCUT2D eigenvalue weighted by molar-refractivity contribution is 6.10. The molecule has 0 atom stereocenters. The highest BCUT2D eigenvalue weighted by Crippen LogP contribution is 2.38. The third-order valence-corrected chi connectivity index (χ3v) is 10.5. The van der Waals surface area contributed by atoms with E-state index in [1.165, 1.54) is 6.92 Å². The van der Waals surface area contributed by atoms with Crippen LogP contribution in [0.2, 0.25) is 0 Å². The number of benzene rings is 5. The summed E-state index contributed by atoms with van der Waals surface area (Å²) in [6.07, 6.45) is 5.52. The number of para-hydroxylation sites is 1. The van der Waals surface area contributed by atoms with E-state index in [1.807, 2.05) is 114 Å². The molecule has 0 aliphatic rings. The SMILES string of the molecule is CC(=O)Oc1ccc2c(c1)c1ccccc1n2-c1cccc(-c2cc3oc4cc(-n5cnc6c(-c7ccccc7)ccc(-c7ccccc7)c65)ncc4c3cn2)n1. The molecule has 0 radical (unpaired) electrons. The molecule has 6 heterocycles. The summed E-state index contributed by atoms with van der Waals surface area (Å²) in [7, 11) is 0. The molecule has 11 rings (SSSR count). The number of fused-ring (bicyclic) bond motifs is 7. The number of pyridine rings is 3. The van der Waals surface area contributed by atoms with Gasteiger partial charge in [-0.1, -0.05) is 97.1 Å². The van der Waals surface area contributed by atoms with Crippen molar-refractivity contribution >= 4 is 60.7 Å². The van der Waals surface area contributed by atoms with Crippen LogP contribution in [-0.2, 0) is 4.79 Å². The van der Waals surface area contributed by atoms with Crippen molar-refractivity contribution in [2.45, 2.75) is 6.92 Å². The Hall–Kier alpha value is -7.91. The number of imidazole rings is 1. The van der Waals surface area contributed by atoms with Crippen LogP contribution >= 0.6 is 0 Å². The molecule has 0 aliphatic carbocycles. The normalized spacial score (nSPS) is 11.7. The number of nitrogens with zero attached hydrogens (tertiary/aromatic N) is 6. The molecule has 57 heavy (non-hydrogen) atoms. The maximum atomic E-state index is 11.7. The predicted molar refractivity (Wildman–Crippen MR) is 224 cm³/mol. The van der Waals surface area contributed by atoms with Gasteiger partial charge in [-0.25, -0.2) is 15.0 Å². The van der Waals surface area contributed by atoms with E-state index in [9.17, 15) is 4.79 Å². The van der Waals surface area contributed by atoms with Gasteiger partial charge in [-0.05, 0) is 47.5 Å². The minimum absolute atomic E-state index is 0.361. The largest absolute Gasteiger partial charge is 0.456 e. The molecular weight excluding hydrogens is 709 g/mol. The maximum Gasteiger partial charge on any atom is 0.308 e. The number of rotatable bonds is 6. The first kappa shape index (κ1) is 32.5. The van der Waals surface area contributed by atoms with E-state index in [2.05, 4.69) is 53.1 Å². The first-order chi connectivity index (χ1) is 28.1. The average Bonchev–Trinajstić information content (AvgIpc) is 3.95. The number of carbonyl (C=O) groups excluding carboxylic acids is 1. The zero-order valence-electron chi connectivity index (χ0n) is 30.5. The van der Waals surface area contributed by atoms with Crippen LogP contribution in [0.3, 0.4) is 0 Å². The highest BCUT2D eigenvalue weighted by atomic mass is 16.5. The second-order valence-corrected chi connectivity index (χ2v) is 13.9. The lowest BCUT2D eigenvalue weighted by Gasteiger charge is -2.11. The van der Waals surface area contributed by atoms with Gasteiger partial charge in [0.15, 0.2) is 0 Å². The topological polar surface area (TPSA) is 101 Å². The van der Waals surface area contributed by atoms with Gasteiger partial charge in [0.25, 0.3) is 0 Å². The Morgan fingerprint density at radius 3 is 2.09 bits per heavy atom. The molecule has 0 saturated heterocycles. The molecule has 9 heteroatoms. The molecule has 0 N–H and O–H groups in total. The summed E-state index contributed by atoms with van der Waals surface area (Å²) < 4.78 is 16.1. The number of aromatic nitrogens is 6. The van der Waals surface area contributed by atoms with Crippen LogP contribution < -0.4 is 4.74 Å². The zero-order chi connectivity index (χ0) is 38.0. The second-order valence-electron chi connectivity index (χ2n) is 13.9. The Kier molecular flexibility index (Phi) is 7.33. The molecule has 0 aliphatic heterocycles. The van der Waals surface area contributed by atoms with E-state index >= 15 is 0 Å². The summed E-state index contributed by atoms with van der Waals surface area (Å²) in [6.45, 7) is 1.40. The number of hydrogen-bond acceptors (Lipinski definition) is 7. The van der Waals surface area contributed by atoms with Crippen LogP contribution in [0, 0.1) is 0 Å². The van der Waals surface area contributed by atoms with Crippen LogP contribution in [0.1, 0.15) is 6.92 Å². The Morgan fingerprint density at radius 1 is 0.579 bits per heavy atom. The predicted octanol–water partition coefficient (Wildman–Crippen LogP) is 11.1. The van der Waals surface area contributed by atoms with Crippen molar-refractivity contribution in [3.05, 3.63) is 164 Å². The molecule has 5 aromatic carbocycles. The van der Waals surface area contributed by atoms with E-state index in [1.54, 1.807) is 6.07 Å². The molecule has 0 unspecified atom stereocenters. The Balaban J connectivity index is 1.00. The number of hydrogen-bond donors (Lipinski definition) is 0. The van der Waals surface area contributed by atoms with Crippen molar-refractivity contribution < 1.29 is 13.9 Å². The Labute approximate surface area is 325 Å². The fourth-order valence-electron chi connectivity index (χ4n) is 7.95. The van der Waals surface area contributed by atoms with Crippen LogP contribution in [0.15, 0.2) is 169 Å². The van der Waals surface area contributed by atoms with Gasteiger partial charge in [0.2, 0.25) is 0 Å². The van der Waals surface area contributed by atoms with E-state index in [4.69, 9.17) is 29.1 Å². The van der Waals surface area contributed by atoms with Crippen molar-refractivity contribution in [2.75, 3.05) is 0 Å². The summed E-state index contributed by atoms with van der Waals surface area (Å²) in [4.78, 5) is 31.6. The Bertz CT molecular complexity index is 3370. The molecule has 11 aromatic rings. The molecule has 0 saturated carbocycles. The average molecular weight is 739 g/mol. The van der Waals surface area contributed by atoms with Crippen LogP contribution in [0.4, 0.5) is 0 Å². The quantitative estimate of drug-likeness (QED) is 0.124. The smallest absolute Gasteiger partial charge is 0.308 e. The number of ether oxygens (including phenoxy) is 1. The van der Waals surface area contributed by atoms with Gasteiger partial charge >= 0.3 is 5.97 Å². The lowest BCUT2D eigenvalue weighted by atomic mass is 9.98. The fraction of sp³-hybridized carbons (Fsp3) is 0.0208. The van der Waals surface area contributed by atoms with Gasteiger partial charge in [0.1, 0.15) is 34.9 Å². The van der Waals surface area contributed by atoms with Crippen molar-refractivity contribution in [3.63, 3.8) is 0 Å². The number of furan rings is 1. The van der Waals surface area contributed by atoms with E-state index in [0.29, 0.717) is 34.1 Å². The van der Waals surface area contributed by atoms with Crippen molar-refractivity contribution in [3.8, 4) is 51.0 Å². The van der Waals surface area contributed by atoms with E-state index in [-0.39, 0.29) is 5.97 Å². The van der Waals surface area contributed by atoms with Crippen LogP contribution in [0.5, 0.6) is 5.75 Å². The van der Waals surface area contributed by atoms with Gasteiger partial charge in [-0.15, -0.1) is 0 Å². The first-order valence-electron chi connectivity index (χ1n) is 18.6. The monoisotopic (exact) mass is 738 g/mol. The fourth-order valence-corrected chi connectivity index (χ4v) is 7.95. The standard InChI is InChI=1S/C48H30N6O3/c1-29(55)56-32-19-22-42-36(23-32)35-15-8-9-17-41(35)54(42)45-18-10-16-39(52-45)40-24-43-37(26-49-40)38-27-50-46(25-44(38)57-43)53-28-51-47-33(30-11-4-2-5-12-30)20-21-34(48(47)53)31-13-6-3-7-14-31/h2-28H,1H3. The lowest BCUT2D eigenvalue weighted by Crippen LogP contribution is -2.01. The van der Waals surface area contributed by atoms with Crippen LogP contribution in [0.25, 0.3) is 100 Å². The lowest BCUT2D eigenvalue weighted by molar-refractivity contribution is -0.131. The van der Waals surface area contributed by atoms with Crippen molar-refractivity contribution in [1.29, 1.82) is 0 Å². The van der Waals surface area contributed by atoms with Gasteiger partial charge < -0.3 is 9.15 Å². The van der Waals surface area contributed by atoms with Gasteiger partial charge in [-0.2, -0.15) is 0 Å². The van der Waals surface area contributed by atoms with Gasteiger partial charge in [0.05, 0.1) is 33.5 Å². The summed E-state index contributed by atoms with van der Waals surface area (Å²) >= 11 is 0. The molecule has 9 nitrogen and oxygen atoms in total. The molecular formula is C48H30N6O3. The molecule has 0 fully saturated rings. The third kappa shape index (κ3) is 5.36. The van der Waals surface area contributed by atoms with Crippen molar-refractivity contribution in [2.24, 2.45) is 0 Å². The second kappa shape index (κ2) is 12.9. The minimum atomic E-state index is -0.361. The summed E-state index contributed by atoms with van der Waals surface area (Å²) in [6, 6.07) is 48.6. The first-order valence-corrected chi connectivity index (χ1v) is 18.6. The van der Waals surface area contributed by atoms with Gasteiger partial charge in [0, 0.05) is 64.1 Å². The third-order valence-electron chi connectivity index (χ3n) is 10.5. The molecule has 0 spiro atoms. The molecule has 6 aromatic heterocycles. The summed E-state index contributed by atoms with van der Waals surface area (Å²) in [5.74, 6) is 1.56.